The van der Waals surface area contributed by atoms with Crippen molar-refractivity contribution in [2.24, 2.45) is 0 Å². The van der Waals surface area contributed by atoms with Crippen molar-refractivity contribution in [3.8, 4) is 5.75 Å². The third kappa shape index (κ3) is 3.18. The average Bonchev–Trinajstić information content (AvgIpc) is 2.16. The van der Waals surface area contributed by atoms with Crippen molar-refractivity contribution < 1.29 is 19.3 Å². The summed E-state index contributed by atoms with van der Waals surface area (Å²) in [5.74, 6) is -0.166. The van der Waals surface area contributed by atoms with Crippen LogP contribution in [0.5, 0.6) is 5.75 Å². The number of hydrogen-bond acceptors (Lipinski definition) is 3. The van der Waals surface area contributed by atoms with Gasteiger partial charge in [0.1, 0.15) is 17.7 Å². The van der Waals surface area contributed by atoms with Crippen LogP contribution in [0.3, 0.4) is 0 Å². The van der Waals surface area contributed by atoms with Gasteiger partial charge in [0.05, 0.1) is 12.2 Å². The largest absolute Gasteiger partial charge is 0.488 e. The van der Waals surface area contributed by atoms with Gasteiger partial charge in [-0.2, -0.15) is 0 Å². The molecule has 0 radical (unpaired) electrons. The summed E-state index contributed by atoms with van der Waals surface area (Å²) in [6.45, 7) is 4.85. The van der Waals surface area contributed by atoms with Gasteiger partial charge in [-0.05, 0) is 32.9 Å². The normalized spacial score (nSPS) is 16.6. The topological polar surface area (TPSA) is 49.7 Å². The summed E-state index contributed by atoms with van der Waals surface area (Å²) >= 11 is 0. The summed E-state index contributed by atoms with van der Waals surface area (Å²) in [6, 6.07) is 3.95. The first-order chi connectivity index (χ1) is 7.41. The molecule has 0 aliphatic rings. The van der Waals surface area contributed by atoms with Gasteiger partial charge in [-0.3, -0.25) is 0 Å². The predicted octanol–water partition coefficient (Wildman–Crippen LogP) is 2.03. The lowest BCUT2D eigenvalue weighted by Crippen LogP contribution is -2.26. The lowest BCUT2D eigenvalue weighted by Gasteiger charge is -2.20. The highest BCUT2D eigenvalue weighted by Gasteiger charge is 2.15. The monoisotopic (exact) mass is 228 g/mol. The van der Waals surface area contributed by atoms with Crippen molar-refractivity contribution in [2.45, 2.75) is 39.1 Å². The lowest BCUT2D eigenvalue weighted by atomic mass is 10.1. The standard InChI is InChI=1S/C12H17FO3/c1-7(14)9(3)16-12-6-10(13)4-5-11(12)8(2)15/h4-9,14-15H,1-3H3/t7?,8-,9?/m1/s1. The number of aliphatic hydroxyl groups is 2. The maximum atomic E-state index is 13.0. The zero-order chi connectivity index (χ0) is 12.3. The van der Waals surface area contributed by atoms with Gasteiger partial charge in [-0.1, -0.05) is 0 Å². The molecule has 1 rings (SSSR count). The molecule has 2 N–H and O–H groups in total. The number of benzene rings is 1. The molecule has 0 aromatic heterocycles. The minimum atomic E-state index is -0.739. The van der Waals surface area contributed by atoms with Gasteiger partial charge >= 0.3 is 0 Å². The van der Waals surface area contributed by atoms with E-state index in [0.717, 1.165) is 0 Å². The molecule has 4 heteroatoms. The Balaban J connectivity index is 2.96. The molecule has 3 atom stereocenters. The van der Waals surface area contributed by atoms with Crippen molar-refractivity contribution >= 4 is 0 Å². The van der Waals surface area contributed by atoms with E-state index in [9.17, 15) is 14.6 Å². The number of rotatable bonds is 4. The van der Waals surface area contributed by atoms with Crippen LogP contribution in [-0.2, 0) is 0 Å². The molecule has 0 saturated carbocycles. The average molecular weight is 228 g/mol. The third-order valence-electron chi connectivity index (χ3n) is 2.42. The van der Waals surface area contributed by atoms with E-state index >= 15 is 0 Å². The second-order valence-electron chi connectivity index (χ2n) is 3.92. The number of halogens is 1. The molecule has 0 amide bonds. The Morgan fingerprint density at radius 2 is 1.81 bits per heavy atom. The molecule has 0 saturated heterocycles. The Morgan fingerprint density at radius 3 is 2.31 bits per heavy atom. The molecule has 90 valence electrons. The Kier molecular flexibility index (Phi) is 4.26. The van der Waals surface area contributed by atoms with Crippen molar-refractivity contribution in [2.75, 3.05) is 0 Å². The highest BCUT2D eigenvalue weighted by molar-refractivity contribution is 5.35. The highest BCUT2D eigenvalue weighted by Crippen LogP contribution is 2.27. The molecule has 2 unspecified atom stereocenters. The van der Waals surface area contributed by atoms with Gasteiger partial charge in [0, 0.05) is 11.6 Å². The first kappa shape index (κ1) is 12.9. The van der Waals surface area contributed by atoms with Gasteiger partial charge in [-0.15, -0.1) is 0 Å². The van der Waals surface area contributed by atoms with Crippen LogP contribution >= 0.6 is 0 Å². The van der Waals surface area contributed by atoms with Crippen molar-refractivity contribution in [1.82, 2.24) is 0 Å². The van der Waals surface area contributed by atoms with Gasteiger partial charge in [-0.25, -0.2) is 4.39 Å². The second kappa shape index (κ2) is 5.27. The molecule has 1 aromatic carbocycles. The van der Waals surface area contributed by atoms with Crippen molar-refractivity contribution in [3.63, 3.8) is 0 Å². The molecule has 16 heavy (non-hydrogen) atoms. The van der Waals surface area contributed by atoms with E-state index in [1.807, 2.05) is 0 Å². The van der Waals surface area contributed by atoms with E-state index in [2.05, 4.69) is 0 Å². The molecule has 0 aliphatic heterocycles. The molecule has 3 nitrogen and oxygen atoms in total. The molecule has 1 aromatic rings. The fourth-order valence-electron chi connectivity index (χ4n) is 1.25. The van der Waals surface area contributed by atoms with E-state index in [4.69, 9.17) is 4.74 Å². The van der Waals surface area contributed by atoms with Crippen molar-refractivity contribution in [3.05, 3.63) is 29.6 Å². The van der Waals surface area contributed by atoms with Crippen LogP contribution in [0.2, 0.25) is 0 Å². The van der Waals surface area contributed by atoms with Crippen LogP contribution in [-0.4, -0.2) is 22.4 Å². The van der Waals surface area contributed by atoms with Gasteiger partial charge in [0.2, 0.25) is 0 Å². The summed E-state index contributed by atoms with van der Waals surface area (Å²) in [4.78, 5) is 0. The van der Waals surface area contributed by atoms with Gasteiger partial charge in [0.25, 0.3) is 0 Å². The first-order valence-electron chi connectivity index (χ1n) is 5.24. The van der Waals surface area contributed by atoms with Crippen LogP contribution in [0, 0.1) is 5.82 Å². The molecule has 0 heterocycles. The van der Waals surface area contributed by atoms with Crippen LogP contribution in [0.4, 0.5) is 4.39 Å². The van der Waals surface area contributed by atoms with Gasteiger partial charge < -0.3 is 14.9 Å². The van der Waals surface area contributed by atoms with E-state index in [-0.39, 0.29) is 5.75 Å². The SMILES string of the molecule is CC(O)C(C)Oc1cc(F)ccc1[C@@H](C)O. The number of ether oxygens (including phenoxy) is 1. The summed E-state index contributed by atoms with van der Waals surface area (Å²) in [5.41, 5.74) is 0.508. The van der Waals surface area contributed by atoms with Crippen LogP contribution < -0.4 is 4.74 Å². The zero-order valence-corrected chi connectivity index (χ0v) is 9.64. The smallest absolute Gasteiger partial charge is 0.128 e. The Bertz CT molecular complexity index is 350. The quantitative estimate of drug-likeness (QED) is 0.829. The number of aliphatic hydroxyl groups excluding tert-OH is 2. The molecule has 0 spiro atoms. The first-order valence-corrected chi connectivity index (χ1v) is 5.24. The maximum Gasteiger partial charge on any atom is 0.128 e. The van der Waals surface area contributed by atoms with Crippen LogP contribution in [0.25, 0.3) is 0 Å². The van der Waals surface area contributed by atoms with Crippen LogP contribution in [0.1, 0.15) is 32.4 Å². The summed E-state index contributed by atoms with van der Waals surface area (Å²) in [6.07, 6.45) is -1.86. The van der Waals surface area contributed by atoms with E-state index in [0.29, 0.717) is 5.56 Å². The molecular weight excluding hydrogens is 211 g/mol. The lowest BCUT2D eigenvalue weighted by molar-refractivity contribution is 0.0575. The zero-order valence-electron chi connectivity index (χ0n) is 9.64. The van der Waals surface area contributed by atoms with Gasteiger partial charge in [0.15, 0.2) is 0 Å². The van der Waals surface area contributed by atoms with Crippen LogP contribution in [0.15, 0.2) is 18.2 Å². The minimum absolute atomic E-state index is 0.267. The third-order valence-corrected chi connectivity index (χ3v) is 2.42. The minimum Gasteiger partial charge on any atom is -0.488 e. The molecule has 0 fully saturated rings. The summed E-state index contributed by atoms with van der Waals surface area (Å²) in [7, 11) is 0. The summed E-state index contributed by atoms with van der Waals surface area (Å²) < 4.78 is 18.4. The van der Waals surface area contributed by atoms with E-state index in [1.165, 1.54) is 18.2 Å². The predicted molar refractivity (Wildman–Crippen MR) is 58.8 cm³/mol. The Hall–Kier alpha value is -1.13. The van der Waals surface area contributed by atoms with E-state index < -0.39 is 24.1 Å². The maximum absolute atomic E-state index is 13.0. The highest BCUT2D eigenvalue weighted by atomic mass is 19.1. The summed E-state index contributed by atoms with van der Waals surface area (Å²) in [5, 5.41) is 18.8. The Labute approximate surface area is 94.5 Å². The fraction of sp³-hybridized carbons (Fsp3) is 0.500. The van der Waals surface area contributed by atoms with Crippen molar-refractivity contribution in [1.29, 1.82) is 0 Å². The molecule has 0 aliphatic carbocycles. The molecular formula is C12H17FO3. The fourth-order valence-corrected chi connectivity index (χ4v) is 1.25. The second-order valence-corrected chi connectivity index (χ2v) is 3.92. The molecule has 0 bridgehead atoms. The Morgan fingerprint density at radius 1 is 1.19 bits per heavy atom. The van der Waals surface area contributed by atoms with E-state index in [1.54, 1.807) is 20.8 Å². The number of hydrogen-bond donors (Lipinski definition) is 2.